The van der Waals surface area contributed by atoms with Crippen molar-refractivity contribution in [1.82, 2.24) is 14.2 Å². The Bertz CT molecular complexity index is 1720. The number of benzene rings is 1. The number of hydrogen-bond donors (Lipinski definition) is 1. The monoisotopic (exact) mass is 521 g/mol. The maximum Gasteiger partial charge on any atom is 0.337 e. The van der Waals surface area contributed by atoms with Crippen LogP contribution in [0.25, 0.3) is 5.52 Å². The van der Waals surface area contributed by atoms with E-state index in [0.29, 0.717) is 5.56 Å². The normalized spacial score (nSPS) is 11.5. The molecule has 38 heavy (non-hydrogen) atoms. The Morgan fingerprint density at radius 1 is 1.11 bits per heavy atom. The van der Waals surface area contributed by atoms with Gasteiger partial charge in [-0.2, -0.15) is 5.10 Å². The molecular weight excluding hydrogens is 502 g/mol. The molecule has 6 nitrogen and oxygen atoms in total. The molecule has 3 aromatic heterocycles. The van der Waals surface area contributed by atoms with Crippen LogP contribution in [0.5, 0.6) is 0 Å². The molecule has 4 rings (SSSR count). The third-order valence-electron chi connectivity index (χ3n) is 5.93. The van der Waals surface area contributed by atoms with Crippen LogP contribution in [0.4, 0.5) is 17.6 Å². The van der Waals surface area contributed by atoms with Crippen LogP contribution in [0.15, 0.2) is 59.8 Å². The van der Waals surface area contributed by atoms with E-state index in [2.05, 4.69) is 28.8 Å². The van der Waals surface area contributed by atoms with Crippen LogP contribution < -0.4 is 5.56 Å². The number of carbonyl (C=O) groups is 1. The maximum atomic E-state index is 14.6. The first-order valence-corrected chi connectivity index (χ1v) is 11.3. The molecule has 192 valence electrons. The van der Waals surface area contributed by atoms with Crippen molar-refractivity contribution < 1.29 is 27.5 Å². The number of pyridine rings is 2. The topological polar surface area (TPSA) is 76.6 Å². The van der Waals surface area contributed by atoms with Gasteiger partial charge in [0, 0.05) is 37.3 Å². The van der Waals surface area contributed by atoms with E-state index in [1.54, 1.807) is 25.4 Å². The standard InChI is InChI=1S/C28H19F4N3O3/c1-34-12-5-7-18(27(34)36)14-17(22-15-19(29)9-10-24(22)30)6-3-2-4-8-20-21(28(37)38)11-13-35-25(20)23(16-33-35)26(31)32/h5,7,9-13,15-17,26H,6,14H2,1H3,(H,37,38). The highest BCUT2D eigenvalue weighted by molar-refractivity contribution is 5.94. The summed E-state index contributed by atoms with van der Waals surface area (Å²) in [7, 11) is 1.57. The highest BCUT2D eigenvalue weighted by atomic mass is 19.3. The van der Waals surface area contributed by atoms with Gasteiger partial charge in [0.15, 0.2) is 0 Å². The summed E-state index contributed by atoms with van der Waals surface area (Å²) < 4.78 is 57.9. The van der Waals surface area contributed by atoms with Gasteiger partial charge in [-0.05, 0) is 60.1 Å². The number of fused-ring (bicyclic) bond motifs is 1. The van der Waals surface area contributed by atoms with Gasteiger partial charge in [-0.25, -0.2) is 26.9 Å². The lowest BCUT2D eigenvalue weighted by Crippen LogP contribution is -2.22. The van der Waals surface area contributed by atoms with Crippen molar-refractivity contribution in [2.45, 2.75) is 25.2 Å². The summed E-state index contributed by atoms with van der Waals surface area (Å²) in [5, 5.41) is 13.3. The molecule has 0 radical (unpaired) electrons. The summed E-state index contributed by atoms with van der Waals surface area (Å²) in [6.07, 6.45) is 0.910. The lowest BCUT2D eigenvalue weighted by molar-refractivity contribution is 0.0696. The second-order valence-electron chi connectivity index (χ2n) is 8.38. The van der Waals surface area contributed by atoms with Crippen LogP contribution >= 0.6 is 0 Å². The molecule has 0 aliphatic rings. The number of carboxylic acid groups (broad SMARTS) is 1. The number of aromatic carboxylic acids is 1. The molecule has 4 aromatic rings. The molecule has 1 N–H and O–H groups in total. The van der Waals surface area contributed by atoms with E-state index in [-0.39, 0.29) is 40.6 Å². The molecule has 0 aliphatic carbocycles. The fourth-order valence-electron chi connectivity index (χ4n) is 4.07. The Morgan fingerprint density at radius 3 is 2.63 bits per heavy atom. The van der Waals surface area contributed by atoms with Crippen molar-refractivity contribution in [3.63, 3.8) is 0 Å². The minimum atomic E-state index is -2.91. The van der Waals surface area contributed by atoms with Gasteiger partial charge >= 0.3 is 5.97 Å². The molecule has 0 fully saturated rings. The first-order chi connectivity index (χ1) is 18.2. The van der Waals surface area contributed by atoms with Gasteiger partial charge in [0.2, 0.25) is 0 Å². The Kier molecular flexibility index (Phi) is 7.63. The van der Waals surface area contributed by atoms with Crippen LogP contribution in [0.3, 0.4) is 0 Å². The highest BCUT2D eigenvalue weighted by Gasteiger charge is 2.21. The summed E-state index contributed by atoms with van der Waals surface area (Å²) in [5.74, 6) is 6.91. The van der Waals surface area contributed by atoms with Gasteiger partial charge in [0.25, 0.3) is 12.0 Å². The fraction of sp³-hybridized carbons (Fsp3) is 0.179. The van der Waals surface area contributed by atoms with Crippen LogP contribution in [-0.2, 0) is 13.5 Å². The van der Waals surface area contributed by atoms with Crippen molar-refractivity contribution in [2.24, 2.45) is 7.05 Å². The lowest BCUT2D eigenvalue weighted by atomic mass is 9.89. The highest BCUT2D eigenvalue weighted by Crippen LogP contribution is 2.28. The third-order valence-corrected chi connectivity index (χ3v) is 5.93. The molecule has 0 bridgehead atoms. The van der Waals surface area contributed by atoms with Crippen LogP contribution in [0.1, 0.15) is 51.4 Å². The molecule has 0 aliphatic heterocycles. The number of alkyl halides is 2. The largest absolute Gasteiger partial charge is 0.478 e. The van der Waals surface area contributed by atoms with Gasteiger partial charge in [-0.15, -0.1) is 0 Å². The van der Waals surface area contributed by atoms with Crippen molar-refractivity contribution in [3.8, 4) is 23.7 Å². The first kappa shape index (κ1) is 26.2. The number of halogens is 4. The number of aryl methyl sites for hydroxylation is 1. The minimum Gasteiger partial charge on any atom is -0.478 e. The Labute approximate surface area is 214 Å². The summed E-state index contributed by atoms with van der Waals surface area (Å²) in [6.45, 7) is 0. The van der Waals surface area contributed by atoms with E-state index in [0.717, 1.165) is 28.9 Å². The quantitative estimate of drug-likeness (QED) is 0.294. The average Bonchev–Trinajstić information content (AvgIpc) is 3.32. The van der Waals surface area contributed by atoms with E-state index in [1.165, 1.54) is 16.8 Å². The van der Waals surface area contributed by atoms with E-state index in [1.807, 2.05) is 0 Å². The second-order valence-corrected chi connectivity index (χ2v) is 8.38. The zero-order valence-corrected chi connectivity index (χ0v) is 19.9. The van der Waals surface area contributed by atoms with Crippen LogP contribution in [-0.4, -0.2) is 25.3 Å². The number of carboxylic acids is 1. The number of rotatable bonds is 6. The van der Waals surface area contributed by atoms with E-state index in [9.17, 15) is 32.3 Å². The molecule has 10 heteroatoms. The van der Waals surface area contributed by atoms with Crippen LogP contribution in [0, 0.1) is 35.3 Å². The zero-order valence-electron chi connectivity index (χ0n) is 19.9. The molecule has 1 atom stereocenters. The van der Waals surface area contributed by atoms with Crippen LogP contribution in [0.2, 0.25) is 0 Å². The van der Waals surface area contributed by atoms with Gasteiger partial charge < -0.3 is 9.67 Å². The van der Waals surface area contributed by atoms with Crippen molar-refractivity contribution in [2.75, 3.05) is 0 Å². The Morgan fingerprint density at radius 2 is 1.89 bits per heavy atom. The van der Waals surface area contributed by atoms with Gasteiger partial charge in [0.05, 0.1) is 28.4 Å². The number of nitrogens with zero attached hydrogens (tertiary/aromatic N) is 3. The molecule has 1 unspecified atom stereocenters. The summed E-state index contributed by atoms with van der Waals surface area (Å²) in [4.78, 5) is 24.2. The fourth-order valence-corrected chi connectivity index (χ4v) is 4.07. The van der Waals surface area contributed by atoms with Crippen molar-refractivity contribution >= 4 is 11.5 Å². The first-order valence-electron chi connectivity index (χ1n) is 11.3. The number of hydrogen-bond acceptors (Lipinski definition) is 3. The molecule has 0 saturated carbocycles. The average molecular weight is 521 g/mol. The predicted molar refractivity (Wildman–Crippen MR) is 131 cm³/mol. The third kappa shape index (κ3) is 5.45. The smallest absolute Gasteiger partial charge is 0.337 e. The second kappa shape index (κ2) is 11.1. The Hall–Kier alpha value is -4.83. The predicted octanol–water partition coefficient (Wildman–Crippen LogP) is 4.72. The van der Waals surface area contributed by atoms with Crippen molar-refractivity contribution in [3.05, 3.63) is 105 Å². The summed E-state index contributed by atoms with van der Waals surface area (Å²) >= 11 is 0. The maximum absolute atomic E-state index is 14.6. The van der Waals surface area contributed by atoms with Gasteiger partial charge in [-0.1, -0.05) is 12.0 Å². The van der Waals surface area contributed by atoms with Crippen molar-refractivity contribution in [1.29, 1.82) is 0 Å². The van der Waals surface area contributed by atoms with Gasteiger partial charge in [0.1, 0.15) is 11.6 Å². The van der Waals surface area contributed by atoms with E-state index >= 15 is 0 Å². The molecule has 0 saturated heterocycles. The molecule has 0 spiro atoms. The van der Waals surface area contributed by atoms with Gasteiger partial charge in [-0.3, -0.25) is 4.79 Å². The summed E-state index contributed by atoms with van der Waals surface area (Å²) in [6, 6.07) is 7.48. The van der Waals surface area contributed by atoms with E-state index in [4.69, 9.17) is 0 Å². The number of aromatic nitrogens is 3. The minimum absolute atomic E-state index is 0.0158. The molecule has 1 aromatic carbocycles. The lowest BCUT2D eigenvalue weighted by Gasteiger charge is -2.16. The Balaban J connectivity index is 1.70. The molecule has 0 amide bonds. The summed E-state index contributed by atoms with van der Waals surface area (Å²) in [5.41, 5.74) is -0.958. The molecule has 3 heterocycles. The van der Waals surface area contributed by atoms with E-state index < -0.39 is 35.5 Å². The zero-order chi connectivity index (χ0) is 27.4. The SMILES string of the molecule is Cn1cccc(CC(CC#CC#Cc2c(C(=O)O)ccn3ncc(C(F)F)c23)c2cc(F)ccc2F)c1=O. The molecular formula is C28H19F4N3O3.